The van der Waals surface area contributed by atoms with Gasteiger partial charge >= 0.3 is 0 Å². The van der Waals surface area contributed by atoms with Crippen molar-refractivity contribution in [1.29, 1.82) is 0 Å². The number of hydrogen-bond acceptors (Lipinski definition) is 3. The predicted octanol–water partition coefficient (Wildman–Crippen LogP) is 15.9. The maximum absolute atomic E-state index is 6.16. The molecule has 4 aromatic carbocycles. The van der Waals surface area contributed by atoms with Crippen LogP contribution in [0.25, 0.3) is 5.57 Å². The molecule has 0 spiro atoms. The first-order valence-electron chi connectivity index (χ1n) is 21.4. The fraction of sp³-hybridized carbons (Fsp3) is 0.281. The summed E-state index contributed by atoms with van der Waals surface area (Å²) in [5, 5.41) is 0. The maximum atomic E-state index is 6.16. The van der Waals surface area contributed by atoms with E-state index in [0.29, 0.717) is 18.4 Å². The van der Waals surface area contributed by atoms with Crippen LogP contribution in [0.4, 0.5) is 5.69 Å². The Morgan fingerprint density at radius 1 is 0.867 bits per heavy atom. The Morgan fingerprint density at radius 2 is 1.55 bits per heavy atom. The van der Waals surface area contributed by atoms with Crippen LogP contribution in [-0.2, 0) is 6.61 Å². The number of hydrogen-bond donors (Lipinski definition) is 0. The summed E-state index contributed by atoms with van der Waals surface area (Å²) >= 11 is 0. The van der Waals surface area contributed by atoms with Crippen LogP contribution in [0.5, 0.6) is 11.5 Å². The van der Waals surface area contributed by atoms with Crippen molar-refractivity contribution >= 4 is 17.1 Å². The molecule has 310 valence electrons. The second kappa shape index (κ2) is 29.0. The average Bonchev–Trinajstić information content (AvgIpc) is 3.27. The number of aliphatic imine (C=N–C) groups is 1. The molecule has 0 saturated carbocycles. The van der Waals surface area contributed by atoms with Gasteiger partial charge in [0, 0.05) is 11.1 Å². The summed E-state index contributed by atoms with van der Waals surface area (Å²) in [6.07, 6.45) is 23.9. The summed E-state index contributed by atoms with van der Waals surface area (Å²) in [6.45, 7) is 18.7. The van der Waals surface area contributed by atoms with Gasteiger partial charge in [0.25, 0.3) is 0 Å². The zero-order chi connectivity index (χ0) is 43.2. The van der Waals surface area contributed by atoms with Crippen molar-refractivity contribution in [2.45, 2.75) is 93.6 Å². The highest BCUT2D eigenvalue weighted by molar-refractivity contribution is 5.83. The van der Waals surface area contributed by atoms with Gasteiger partial charge in [0.15, 0.2) is 0 Å². The summed E-state index contributed by atoms with van der Waals surface area (Å²) in [6, 6.07) is 36.2. The van der Waals surface area contributed by atoms with Crippen LogP contribution in [0.15, 0.2) is 192 Å². The predicted molar refractivity (Wildman–Crippen MR) is 259 cm³/mol. The molecule has 1 aliphatic carbocycles. The van der Waals surface area contributed by atoms with Gasteiger partial charge in [-0.25, -0.2) is 4.99 Å². The van der Waals surface area contributed by atoms with Gasteiger partial charge in [-0.15, -0.1) is 11.7 Å². The van der Waals surface area contributed by atoms with Crippen LogP contribution in [0.2, 0.25) is 0 Å². The number of nitrogens with zero attached hydrogens (tertiary/aromatic N) is 1. The largest absolute Gasteiger partial charge is 0.489 e. The van der Waals surface area contributed by atoms with E-state index >= 15 is 0 Å². The summed E-state index contributed by atoms with van der Waals surface area (Å²) < 4.78 is 12.3. The molecule has 2 atom stereocenters. The lowest BCUT2D eigenvalue weighted by atomic mass is 9.86. The van der Waals surface area contributed by atoms with E-state index in [1.807, 2.05) is 79.7 Å². The van der Waals surface area contributed by atoms with Gasteiger partial charge in [-0.05, 0) is 148 Å². The number of aryl methyl sites for hydroxylation is 1. The van der Waals surface area contributed by atoms with E-state index in [2.05, 4.69) is 162 Å². The fourth-order valence-corrected chi connectivity index (χ4v) is 6.31. The van der Waals surface area contributed by atoms with Gasteiger partial charge in [-0.2, -0.15) is 0 Å². The Kier molecular flexibility index (Phi) is 23.2. The smallest absolute Gasteiger partial charge is 0.127 e. The van der Waals surface area contributed by atoms with Crippen LogP contribution in [0, 0.1) is 30.6 Å². The van der Waals surface area contributed by atoms with Crippen LogP contribution in [0.3, 0.4) is 0 Å². The highest BCUT2D eigenvalue weighted by Crippen LogP contribution is 2.29. The van der Waals surface area contributed by atoms with Crippen molar-refractivity contribution in [1.82, 2.24) is 0 Å². The van der Waals surface area contributed by atoms with Crippen molar-refractivity contribution in [3.8, 4) is 23.3 Å². The van der Waals surface area contributed by atoms with Crippen molar-refractivity contribution in [2.24, 2.45) is 16.8 Å². The van der Waals surface area contributed by atoms with Gasteiger partial charge in [-0.3, -0.25) is 0 Å². The minimum atomic E-state index is 0.491. The van der Waals surface area contributed by atoms with Gasteiger partial charge in [-0.1, -0.05) is 149 Å². The van der Waals surface area contributed by atoms with E-state index in [1.165, 1.54) is 11.1 Å². The van der Waals surface area contributed by atoms with E-state index in [-0.39, 0.29) is 0 Å². The summed E-state index contributed by atoms with van der Waals surface area (Å²) in [5.41, 5.74) is 11.4. The normalized spacial score (nSPS) is 13.7. The molecule has 4 aromatic rings. The summed E-state index contributed by atoms with van der Waals surface area (Å²) in [5.74, 6) is 12.5. The van der Waals surface area contributed by atoms with E-state index < -0.39 is 0 Å². The Balaban J connectivity index is 0.000000493. The number of benzene rings is 4. The highest BCUT2D eigenvalue weighted by Gasteiger charge is 2.16. The SMILES string of the molecule is C=C=Nc1ccccc1.CC#C/C(=C\CCC)C(=C=CCC)c1ccc(OCc2ccc(OC3=CCC(CC(C)C(/C=C\C)=C/CC)C=C3)cc2)cc1.Cc1ccccc1. The third kappa shape index (κ3) is 18.5. The Morgan fingerprint density at radius 3 is 2.10 bits per heavy atom. The molecule has 60 heavy (non-hydrogen) atoms. The molecule has 3 heteroatoms. The number of allylic oxidation sites excluding steroid dienone is 10. The molecule has 0 heterocycles. The minimum Gasteiger partial charge on any atom is -0.489 e. The Hall–Kier alpha value is -6.29. The lowest BCUT2D eigenvalue weighted by Crippen LogP contribution is -2.09. The van der Waals surface area contributed by atoms with Gasteiger partial charge in [0.1, 0.15) is 23.9 Å². The van der Waals surface area contributed by atoms with Crippen molar-refractivity contribution in [3.05, 3.63) is 204 Å². The third-order valence-electron chi connectivity index (χ3n) is 9.41. The second-order valence-electron chi connectivity index (χ2n) is 14.4. The van der Waals surface area contributed by atoms with Crippen LogP contribution in [0.1, 0.15) is 96.8 Å². The molecule has 0 radical (unpaired) electrons. The third-order valence-corrected chi connectivity index (χ3v) is 9.41. The van der Waals surface area contributed by atoms with Crippen molar-refractivity contribution in [3.63, 3.8) is 0 Å². The zero-order valence-electron chi connectivity index (χ0n) is 37.1. The van der Waals surface area contributed by atoms with Crippen molar-refractivity contribution in [2.75, 3.05) is 0 Å². The van der Waals surface area contributed by atoms with Crippen molar-refractivity contribution < 1.29 is 9.47 Å². The fourth-order valence-electron chi connectivity index (χ4n) is 6.31. The van der Waals surface area contributed by atoms with Crippen LogP contribution in [-0.4, -0.2) is 5.87 Å². The average molecular weight is 796 g/mol. The molecule has 0 fully saturated rings. The quantitative estimate of drug-likeness (QED) is 0.0489. The first-order valence-corrected chi connectivity index (χ1v) is 21.4. The number of ether oxygens (including phenoxy) is 2. The minimum absolute atomic E-state index is 0.491. The van der Waals surface area contributed by atoms with E-state index in [1.54, 1.807) is 0 Å². The lowest BCUT2D eigenvalue weighted by molar-refractivity contribution is 0.306. The Labute approximate surface area is 362 Å². The number of unbranched alkanes of at least 4 members (excludes halogenated alkanes) is 1. The second-order valence-corrected chi connectivity index (χ2v) is 14.4. The molecule has 1 aliphatic rings. The lowest BCUT2D eigenvalue weighted by Gasteiger charge is -2.21. The first kappa shape index (κ1) is 48.1. The molecule has 0 saturated heterocycles. The molecular weight excluding hydrogens is 731 g/mol. The first-order chi connectivity index (χ1) is 29.3. The maximum Gasteiger partial charge on any atom is 0.127 e. The van der Waals surface area contributed by atoms with Gasteiger partial charge in [0.2, 0.25) is 0 Å². The van der Waals surface area contributed by atoms with E-state index in [4.69, 9.17) is 9.47 Å². The molecule has 0 bridgehead atoms. The molecule has 0 aliphatic heterocycles. The topological polar surface area (TPSA) is 30.8 Å². The van der Waals surface area contributed by atoms with E-state index in [0.717, 1.165) is 83.7 Å². The summed E-state index contributed by atoms with van der Waals surface area (Å²) in [7, 11) is 0. The van der Waals surface area contributed by atoms with Gasteiger partial charge in [0.05, 0.1) is 5.69 Å². The molecule has 0 amide bonds. The Bertz CT molecular complexity index is 2170. The summed E-state index contributed by atoms with van der Waals surface area (Å²) in [4.78, 5) is 3.85. The molecule has 3 nitrogen and oxygen atoms in total. The molecule has 5 rings (SSSR count). The number of rotatable bonds is 16. The molecular formula is C57H65NO2. The molecule has 0 N–H and O–H groups in total. The molecule has 0 aromatic heterocycles. The van der Waals surface area contributed by atoms with Crippen LogP contribution < -0.4 is 9.47 Å². The zero-order valence-corrected chi connectivity index (χ0v) is 37.1. The van der Waals surface area contributed by atoms with Crippen LogP contribution >= 0.6 is 0 Å². The molecule has 2 unspecified atom stereocenters. The number of para-hydroxylation sites is 1. The van der Waals surface area contributed by atoms with E-state index in [9.17, 15) is 0 Å². The standard InChI is InChI=1S/C42H50O2.C8H7N.C7H8/c1-7-12-17-37(16-11-5)42(18-13-8-2)38-23-29-39(30-24-38)43-32-35-21-27-41(28-22-35)44-40-25-19-34(20-26-40)31-33(6)36(14-9-3)15-10-4;1-2-9-8-6-4-3-5-7-8;1-7-5-3-2-4-6-7/h9,13-15,17,19,21-30,33-34H,7-8,10,12,20,31-32H2,1-6H3;3-7H,1H2;2-6H,1H3/b14-9-,36-15+,37-17+;;. The van der Waals surface area contributed by atoms with Gasteiger partial charge < -0.3 is 9.47 Å². The monoisotopic (exact) mass is 796 g/mol. The highest BCUT2D eigenvalue weighted by atomic mass is 16.5.